The third-order valence-corrected chi connectivity index (χ3v) is 5.38. The van der Waals surface area contributed by atoms with Crippen LogP contribution in [0.3, 0.4) is 0 Å². The molecular formula is C22H34O5. The lowest BCUT2D eigenvalue weighted by Crippen LogP contribution is -2.43. The van der Waals surface area contributed by atoms with Gasteiger partial charge in [-0.05, 0) is 18.1 Å². The van der Waals surface area contributed by atoms with Gasteiger partial charge in [-0.15, -0.1) is 0 Å². The normalized spacial score (nSPS) is 18.9. The van der Waals surface area contributed by atoms with Crippen LogP contribution in [0.2, 0.25) is 0 Å². The van der Waals surface area contributed by atoms with Crippen molar-refractivity contribution in [3.8, 4) is 11.5 Å². The van der Waals surface area contributed by atoms with Crippen molar-refractivity contribution >= 4 is 5.97 Å². The minimum absolute atomic E-state index is 0.109. The van der Waals surface area contributed by atoms with Crippen LogP contribution in [0, 0.1) is 0 Å². The summed E-state index contributed by atoms with van der Waals surface area (Å²) < 4.78 is 16.4. The first-order chi connectivity index (χ1) is 13.0. The van der Waals surface area contributed by atoms with Crippen LogP contribution in [0.4, 0.5) is 0 Å². The van der Waals surface area contributed by atoms with Gasteiger partial charge >= 0.3 is 5.97 Å². The zero-order valence-corrected chi connectivity index (χ0v) is 17.0. The number of carbonyl (C=O) groups excluding carboxylic acids is 1. The van der Waals surface area contributed by atoms with E-state index in [1.807, 2.05) is 0 Å². The molecule has 1 aliphatic rings. The van der Waals surface area contributed by atoms with Crippen LogP contribution in [0.25, 0.3) is 0 Å². The maximum absolute atomic E-state index is 12.4. The smallest absolute Gasteiger partial charge is 0.344 e. The van der Waals surface area contributed by atoms with E-state index >= 15 is 0 Å². The first-order valence-corrected chi connectivity index (χ1v) is 10.2. The molecule has 5 nitrogen and oxygen atoms in total. The van der Waals surface area contributed by atoms with Crippen molar-refractivity contribution in [3.63, 3.8) is 0 Å². The Kier molecular flexibility index (Phi) is 8.42. The molecule has 0 saturated carbocycles. The third-order valence-electron chi connectivity index (χ3n) is 5.38. The van der Waals surface area contributed by atoms with Gasteiger partial charge in [-0.2, -0.15) is 0 Å². The van der Waals surface area contributed by atoms with Crippen LogP contribution in [-0.2, 0) is 15.9 Å². The molecule has 0 aliphatic carbocycles. The topological polar surface area (TPSA) is 65.0 Å². The summed E-state index contributed by atoms with van der Waals surface area (Å²) in [5.41, 5.74) is 0.927. The Morgan fingerprint density at radius 3 is 2.26 bits per heavy atom. The number of ether oxygens (including phenoxy) is 3. The number of phenolic OH excluding ortho intramolecular Hbond substituents is 1. The van der Waals surface area contributed by atoms with Crippen LogP contribution >= 0.6 is 0 Å². The monoisotopic (exact) mass is 378 g/mol. The molecule has 1 heterocycles. The van der Waals surface area contributed by atoms with E-state index in [2.05, 4.69) is 6.92 Å². The molecule has 1 atom stereocenters. The van der Waals surface area contributed by atoms with Gasteiger partial charge in [0.05, 0.1) is 7.11 Å². The first-order valence-electron chi connectivity index (χ1n) is 10.2. The number of methoxy groups -OCH3 is 2. The third kappa shape index (κ3) is 5.86. The highest BCUT2D eigenvalue weighted by molar-refractivity contribution is 5.95. The summed E-state index contributed by atoms with van der Waals surface area (Å²) >= 11 is 0. The van der Waals surface area contributed by atoms with Gasteiger partial charge in [0.1, 0.15) is 17.1 Å². The molecule has 152 valence electrons. The molecule has 1 unspecified atom stereocenters. The van der Waals surface area contributed by atoms with Crippen molar-refractivity contribution in [2.24, 2.45) is 0 Å². The number of hydrogen-bond donors (Lipinski definition) is 1. The zero-order chi connectivity index (χ0) is 19.7. The second-order valence-corrected chi connectivity index (χ2v) is 7.44. The van der Waals surface area contributed by atoms with Gasteiger partial charge in [0, 0.05) is 26.0 Å². The van der Waals surface area contributed by atoms with Gasteiger partial charge in [0.2, 0.25) is 5.79 Å². The minimum atomic E-state index is -0.954. The van der Waals surface area contributed by atoms with Gasteiger partial charge in [-0.25, -0.2) is 4.79 Å². The lowest BCUT2D eigenvalue weighted by Gasteiger charge is -2.36. The first kappa shape index (κ1) is 21.5. The largest absolute Gasteiger partial charge is 0.507 e. The SMILES string of the molecule is CCCCCCCCCCCC1(OC)Cc2cc(OC)cc(O)c2C(=O)O1. The van der Waals surface area contributed by atoms with E-state index in [-0.39, 0.29) is 11.3 Å². The maximum Gasteiger partial charge on any atom is 0.344 e. The van der Waals surface area contributed by atoms with Gasteiger partial charge in [0.25, 0.3) is 0 Å². The molecular weight excluding hydrogens is 344 g/mol. The van der Waals surface area contributed by atoms with Crippen molar-refractivity contribution in [1.82, 2.24) is 0 Å². The summed E-state index contributed by atoms with van der Waals surface area (Å²) in [6.45, 7) is 2.24. The van der Waals surface area contributed by atoms with Crippen molar-refractivity contribution in [2.75, 3.05) is 14.2 Å². The number of cyclic esters (lactones) is 1. The predicted octanol–water partition coefficient (Wildman–Crippen LogP) is 5.38. The van der Waals surface area contributed by atoms with Crippen LogP contribution in [0.15, 0.2) is 12.1 Å². The summed E-state index contributed by atoms with van der Waals surface area (Å²) in [6, 6.07) is 3.21. The molecule has 2 rings (SSSR count). The fourth-order valence-corrected chi connectivity index (χ4v) is 3.76. The van der Waals surface area contributed by atoms with E-state index < -0.39 is 11.8 Å². The number of hydrogen-bond acceptors (Lipinski definition) is 5. The molecule has 0 bridgehead atoms. The Morgan fingerprint density at radius 1 is 1.04 bits per heavy atom. The van der Waals surface area contributed by atoms with Gasteiger partial charge in [-0.3, -0.25) is 0 Å². The second kappa shape index (κ2) is 10.5. The van der Waals surface area contributed by atoms with E-state index in [1.165, 1.54) is 58.1 Å². The molecule has 1 aliphatic heterocycles. The van der Waals surface area contributed by atoms with Gasteiger partial charge in [0.15, 0.2) is 0 Å². The Hall–Kier alpha value is -1.75. The summed E-state index contributed by atoms with van der Waals surface area (Å²) in [7, 11) is 3.11. The summed E-state index contributed by atoms with van der Waals surface area (Å²) in [6.07, 6.45) is 12.2. The number of benzene rings is 1. The molecule has 0 amide bonds. The van der Waals surface area contributed by atoms with E-state index in [0.717, 1.165) is 12.8 Å². The Bertz CT molecular complexity index is 613. The fraction of sp³-hybridized carbons (Fsp3) is 0.682. The summed E-state index contributed by atoms with van der Waals surface area (Å²) in [5, 5.41) is 10.1. The van der Waals surface area contributed by atoms with Crippen molar-refractivity contribution < 1.29 is 24.1 Å². The number of carbonyl (C=O) groups is 1. The average Bonchev–Trinajstić information content (AvgIpc) is 2.66. The quantitative estimate of drug-likeness (QED) is 0.391. The van der Waals surface area contributed by atoms with Crippen LogP contribution < -0.4 is 4.74 Å². The van der Waals surface area contributed by atoms with Gasteiger partial charge < -0.3 is 19.3 Å². The molecule has 1 aromatic rings. The van der Waals surface area contributed by atoms with Gasteiger partial charge in [-0.1, -0.05) is 58.3 Å². The van der Waals surface area contributed by atoms with E-state index in [9.17, 15) is 9.90 Å². The van der Waals surface area contributed by atoms with Crippen LogP contribution in [-0.4, -0.2) is 31.1 Å². The molecule has 0 saturated heterocycles. The number of esters is 1. The predicted molar refractivity (Wildman–Crippen MR) is 105 cm³/mol. The fourth-order valence-electron chi connectivity index (χ4n) is 3.76. The van der Waals surface area contributed by atoms with E-state index in [0.29, 0.717) is 24.2 Å². The summed E-state index contributed by atoms with van der Waals surface area (Å²) in [4.78, 5) is 12.4. The van der Waals surface area contributed by atoms with Crippen molar-refractivity contribution in [3.05, 3.63) is 23.3 Å². The molecule has 27 heavy (non-hydrogen) atoms. The highest BCUT2D eigenvalue weighted by Gasteiger charge is 2.41. The number of unbranched alkanes of at least 4 members (excludes halogenated alkanes) is 8. The molecule has 1 aromatic carbocycles. The van der Waals surface area contributed by atoms with E-state index in [4.69, 9.17) is 14.2 Å². The highest BCUT2D eigenvalue weighted by atomic mass is 16.7. The Balaban J connectivity index is 1.87. The van der Waals surface area contributed by atoms with Crippen LogP contribution in [0.1, 0.15) is 87.1 Å². The minimum Gasteiger partial charge on any atom is -0.507 e. The Morgan fingerprint density at radius 2 is 1.67 bits per heavy atom. The second-order valence-electron chi connectivity index (χ2n) is 7.44. The molecule has 0 aromatic heterocycles. The molecule has 1 N–H and O–H groups in total. The number of fused-ring (bicyclic) bond motifs is 1. The molecule has 0 fully saturated rings. The Labute approximate surface area is 163 Å². The highest BCUT2D eigenvalue weighted by Crippen LogP contribution is 2.38. The molecule has 0 spiro atoms. The standard InChI is InChI=1S/C22H34O5/c1-4-5-6-7-8-9-10-11-12-13-22(26-3)16-17-14-18(25-2)15-19(23)20(17)21(24)27-22/h14-15,23H,4-13,16H2,1-3H3. The number of aromatic hydroxyl groups is 1. The lowest BCUT2D eigenvalue weighted by atomic mass is 9.91. The summed E-state index contributed by atoms with van der Waals surface area (Å²) in [5.74, 6) is -1.07. The van der Waals surface area contributed by atoms with Crippen LogP contribution in [0.5, 0.6) is 11.5 Å². The zero-order valence-electron chi connectivity index (χ0n) is 17.0. The van der Waals surface area contributed by atoms with E-state index in [1.54, 1.807) is 13.2 Å². The van der Waals surface area contributed by atoms with Crippen molar-refractivity contribution in [2.45, 2.75) is 83.3 Å². The maximum atomic E-state index is 12.4. The average molecular weight is 379 g/mol. The lowest BCUT2D eigenvalue weighted by molar-refractivity contribution is -0.195. The number of rotatable bonds is 12. The number of phenols is 1. The molecule has 0 radical (unpaired) electrons. The van der Waals surface area contributed by atoms with Crippen molar-refractivity contribution in [1.29, 1.82) is 0 Å². The molecule has 5 heteroatoms.